The van der Waals surface area contributed by atoms with E-state index in [4.69, 9.17) is 0 Å². The molecule has 2 aliphatic rings. The van der Waals surface area contributed by atoms with E-state index in [0.717, 1.165) is 12.8 Å². The molecule has 5 rings (SSSR count). The van der Waals surface area contributed by atoms with Crippen molar-refractivity contribution in [2.24, 2.45) is 0 Å². The van der Waals surface area contributed by atoms with Gasteiger partial charge >= 0.3 is 0 Å². The molecule has 1 aliphatic heterocycles. The van der Waals surface area contributed by atoms with Crippen LogP contribution in [-0.4, -0.2) is 59.7 Å². The summed E-state index contributed by atoms with van der Waals surface area (Å²) in [6.45, 7) is 1.34. The predicted octanol–water partition coefficient (Wildman–Crippen LogP) is 2.59. The molecule has 8 heteroatoms. The second-order valence-corrected chi connectivity index (χ2v) is 9.85. The lowest BCUT2D eigenvalue weighted by molar-refractivity contribution is 0.0698. The van der Waals surface area contributed by atoms with Crippen LogP contribution in [0.25, 0.3) is 11.0 Å². The average molecular weight is 425 g/mol. The molecule has 7 nitrogen and oxygen atoms in total. The second kappa shape index (κ2) is 7.52. The highest BCUT2D eigenvalue weighted by Crippen LogP contribution is 2.26. The third-order valence-electron chi connectivity index (χ3n) is 6.15. The molecule has 1 saturated heterocycles. The Morgan fingerprint density at radius 1 is 1.00 bits per heavy atom. The molecule has 0 saturated carbocycles. The van der Waals surface area contributed by atoms with Crippen LogP contribution in [0.15, 0.2) is 47.6 Å². The number of H-pyrrole nitrogens is 1. The van der Waals surface area contributed by atoms with Crippen molar-refractivity contribution in [3.05, 3.63) is 59.4 Å². The van der Waals surface area contributed by atoms with Crippen LogP contribution in [0.4, 0.5) is 0 Å². The van der Waals surface area contributed by atoms with E-state index in [0.29, 0.717) is 29.7 Å². The minimum absolute atomic E-state index is 0.0169. The lowest BCUT2D eigenvalue weighted by Crippen LogP contribution is -2.50. The van der Waals surface area contributed by atoms with Gasteiger partial charge in [0.05, 0.1) is 0 Å². The first-order valence-corrected chi connectivity index (χ1v) is 11.8. The van der Waals surface area contributed by atoms with Crippen LogP contribution in [0, 0.1) is 0 Å². The highest BCUT2D eigenvalue weighted by Gasteiger charge is 2.32. The molecule has 1 fully saturated rings. The first-order chi connectivity index (χ1) is 14.5. The van der Waals surface area contributed by atoms with Crippen molar-refractivity contribution < 1.29 is 13.2 Å². The lowest BCUT2D eigenvalue weighted by atomic mass is 9.90. The fraction of sp³-hybridized carbons (Fsp3) is 0.364. The normalized spacial score (nSPS) is 17.8. The van der Waals surface area contributed by atoms with Crippen LogP contribution in [0.5, 0.6) is 0 Å². The van der Waals surface area contributed by atoms with Crippen molar-refractivity contribution in [2.75, 3.05) is 26.2 Å². The van der Waals surface area contributed by atoms with Gasteiger partial charge in [-0.3, -0.25) is 4.79 Å². The Kier molecular flexibility index (Phi) is 4.83. The number of carbonyl (C=O) groups is 1. The number of piperazine rings is 1. The number of nitrogens with one attached hydrogen (secondary N) is 1. The molecule has 1 aliphatic carbocycles. The zero-order valence-corrected chi connectivity index (χ0v) is 17.5. The Morgan fingerprint density at radius 2 is 1.77 bits per heavy atom. The summed E-state index contributed by atoms with van der Waals surface area (Å²) in [4.78, 5) is 22.1. The quantitative estimate of drug-likeness (QED) is 0.700. The summed E-state index contributed by atoms with van der Waals surface area (Å²) in [7, 11) is -3.65. The minimum Gasteiger partial charge on any atom is -0.345 e. The minimum atomic E-state index is -3.65. The van der Waals surface area contributed by atoms with Crippen molar-refractivity contribution in [3.8, 4) is 0 Å². The molecule has 1 amide bonds. The van der Waals surface area contributed by atoms with Gasteiger partial charge in [0.15, 0.2) is 0 Å². The molecule has 30 heavy (non-hydrogen) atoms. The Morgan fingerprint density at radius 3 is 2.57 bits per heavy atom. The molecule has 0 bridgehead atoms. The molecule has 3 aromatic rings. The van der Waals surface area contributed by atoms with Gasteiger partial charge in [-0.1, -0.05) is 6.07 Å². The number of fused-ring (bicyclic) bond motifs is 2. The summed E-state index contributed by atoms with van der Waals surface area (Å²) in [6.07, 6.45) is 7.62. The lowest BCUT2D eigenvalue weighted by Gasteiger charge is -2.34. The van der Waals surface area contributed by atoms with Crippen LogP contribution in [0.2, 0.25) is 0 Å². The number of carbonyl (C=O) groups excluding carboxylic acids is 1. The zero-order chi connectivity index (χ0) is 20.7. The number of rotatable bonds is 3. The van der Waals surface area contributed by atoms with Crippen LogP contribution in [-0.2, 0) is 22.9 Å². The van der Waals surface area contributed by atoms with Crippen molar-refractivity contribution in [1.29, 1.82) is 0 Å². The fourth-order valence-electron chi connectivity index (χ4n) is 4.46. The van der Waals surface area contributed by atoms with E-state index < -0.39 is 10.0 Å². The number of aromatic nitrogens is 2. The number of nitrogens with zero attached hydrogens (tertiary/aromatic N) is 3. The standard InChI is InChI=1S/C22H24N4O3S/c27-22(18-8-7-16-4-1-2-5-17(16)14-18)25-10-12-26(13-11-25)30(28,29)20-15-24-21-19(20)6-3-9-23-21/h3,6-9,14-15H,1-2,4-5,10-13H2,(H,23,24). The number of aromatic amines is 1. The zero-order valence-electron chi connectivity index (χ0n) is 16.7. The molecule has 0 spiro atoms. The van der Waals surface area contributed by atoms with E-state index >= 15 is 0 Å². The molecule has 2 aromatic heterocycles. The number of sulfonamides is 1. The first-order valence-electron chi connectivity index (χ1n) is 10.4. The van der Waals surface area contributed by atoms with Gasteiger partial charge in [0, 0.05) is 49.5 Å². The van der Waals surface area contributed by atoms with Gasteiger partial charge in [-0.15, -0.1) is 0 Å². The number of benzene rings is 1. The molecule has 1 N–H and O–H groups in total. The van der Waals surface area contributed by atoms with Gasteiger partial charge in [-0.25, -0.2) is 13.4 Å². The summed E-state index contributed by atoms with van der Waals surface area (Å²) < 4.78 is 27.7. The van der Waals surface area contributed by atoms with E-state index in [2.05, 4.69) is 16.0 Å². The topological polar surface area (TPSA) is 86.4 Å². The number of hydrogen-bond donors (Lipinski definition) is 1. The number of pyridine rings is 1. The van der Waals surface area contributed by atoms with E-state index in [1.54, 1.807) is 23.2 Å². The number of amides is 1. The van der Waals surface area contributed by atoms with Crippen LogP contribution in [0.1, 0.15) is 34.3 Å². The van der Waals surface area contributed by atoms with Gasteiger partial charge in [0.2, 0.25) is 10.0 Å². The van der Waals surface area contributed by atoms with Crippen molar-refractivity contribution >= 4 is 27.0 Å². The Balaban J connectivity index is 1.31. The summed E-state index contributed by atoms with van der Waals surface area (Å²) >= 11 is 0. The van der Waals surface area contributed by atoms with Gasteiger partial charge in [-0.05, 0) is 61.1 Å². The third-order valence-corrected chi connectivity index (χ3v) is 8.09. The maximum atomic E-state index is 13.1. The van der Waals surface area contributed by atoms with Gasteiger partial charge < -0.3 is 9.88 Å². The van der Waals surface area contributed by atoms with Gasteiger partial charge in [0.1, 0.15) is 10.5 Å². The molecular weight excluding hydrogens is 400 g/mol. The van der Waals surface area contributed by atoms with E-state index in [-0.39, 0.29) is 23.9 Å². The Labute approximate surface area is 175 Å². The summed E-state index contributed by atoms with van der Waals surface area (Å²) in [6, 6.07) is 9.49. The van der Waals surface area contributed by atoms with E-state index in [1.165, 1.54) is 34.5 Å². The fourth-order valence-corrected chi connectivity index (χ4v) is 6.04. The molecule has 0 atom stereocenters. The first kappa shape index (κ1) is 19.3. The van der Waals surface area contributed by atoms with Gasteiger partial charge in [-0.2, -0.15) is 4.31 Å². The third kappa shape index (κ3) is 3.30. The molecule has 0 radical (unpaired) electrons. The number of aryl methyl sites for hydroxylation is 2. The molecule has 156 valence electrons. The van der Waals surface area contributed by atoms with E-state index in [9.17, 15) is 13.2 Å². The highest BCUT2D eigenvalue weighted by atomic mass is 32.2. The maximum Gasteiger partial charge on any atom is 0.253 e. The molecule has 1 aromatic carbocycles. The summed E-state index contributed by atoms with van der Waals surface area (Å²) in [5, 5.41) is 0.588. The number of hydrogen-bond acceptors (Lipinski definition) is 4. The van der Waals surface area contributed by atoms with Crippen LogP contribution in [0.3, 0.4) is 0 Å². The van der Waals surface area contributed by atoms with E-state index in [1.807, 2.05) is 12.1 Å². The van der Waals surface area contributed by atoms with Crippen molar-refractivity contribution in [1.82, 2.24) is 19.2 Å². The maximum absolute atomic E-state index is 13.1. The Bertz CT molecular complexity index is 1210. The molecule has 0 unspecified atom stereocenters. The van der Waals surface area contributed by atoms with Gasteiger partial charge in [0.25, 0.3) is 5.91 Å². The van der Waals surface area contributed by atoms with Crippen LogP contribution >= 0.6 is 0 Å². The smallest absolute Gasteiger partial charge is 0.253 e. The largest absolute Gasteiger partial charge is 0.345 e. The molecule has 3 heterocycles. The highest BCUT2D eigenvalue weighted by molar-refractivity contribution is 7.89. The van der Waals surface area contributed by atoms with Crippen LogP contribution < -0.4 is 0 Å². The molecular formula is C22H24N4O3S. The monoisotopic (exact) mass is 424 g/mol. The second-order valence-electron chi connectivity index (χ2n) is 7.94. The average Bonchev–Trinajstić information content (AvgIpc) is 3.23. The Hall–Kier alpha value is -2.71. The summed E-state index contributed by atoms with van der Waals surface area (Å²) in [5.74, 6) is -0.0169. The van der Waals surface area contributed by atoms with Crippen molar-refractivity contribution in [2.45, 2.75) is 30.6 Å². The summed E-state index contributed by atoms with van der Waals surface area (Å²) in [5.41, 5.74) is 3.88. The SMILES string of the molecule is O=C(c1ccc2c(c1)CCCC2)N1CCN(S(=O)(=O)c2c[nH]c3ncccc23)CC1. The predicted molar refractivity (Wildman–Crippen MR) is 114 cm³/mol. The van der Waals surface area contributed by atoms with Crippen molar-refractivity contribution in [3.63, 3.8) is 0 Å².